The summed E-state index contributed by atoms with van der Waals surface area (Å²) in [5, 5.41) is 0. The molecular weight excluding hydrogens is 389 g/mol. The molecule has 1 aromatic carbocycles. The van der Waals surface area contributed by atoms with Gasteiger partial charge in [0.15, 0.2) is 0 Å². The van der Waals surface area contributed by atoms with Crippen LogP contribution < -0.4 is 0 Å². The Bertz CT molecular complexity index is 495. The fraction of sp³-hybridized carbons (Fsp3) is 0.462. The van der Waals surface area contributed by atoms with E-state index < -0.39 is 16.6 Å². The molecule has 0 saturated heterocycles. The van der Waals surface area contributed by atoms with Gasteiger partial charge in [-0.1, -0.05) is 31.9 Å². The van der Waals surface area contributed by atoms with Gasteiger partial charge in [-0.15, -0.1) is 0 Å². The Kier molecular flexibility index (Phi) is 4.40. The number of alkyl halides is 4. The Labute approximate surface area is 125 Å². The minimum atomic E-state index is -4.36. The maximum Gasteiger partial charge on any atom is 0.416 e. The third kappa shape index (κ3) is 3.81. The topological polar surface area (TPSA) is 17.1 Å². The lowest BCUT2D eigenvalue weighted by Crippen LogP contribution is -2.19. The van der Waals surface area contributed by atoms with E-state index in [1.54, 1.807) is 0 Å². The SMILES string of the molecule is O=C(C(Br)Cc1cc(C(F)(F)F)ccc1Br)C1CC1. The molecular formula is C13H11Br2F3O. The van der Waals surface area contributed by atoms with Crippen molar-refractivity contribution in [1.29, 1.82) is 0 Å². The van der Waals surface area contributed by atoms with Gasteiger partial charge in [0.05, 0.1) is 10.4 Å². The number of hydrogen-bond donors (Lipinski definition) is 0. The summed E-state index contributed by atoms with van der Waals surface area (Å²) in [5.41, 5.74) is -0.199. The number of carbonyl (C=O) groups excluding carboxylic acids is 1. The number of carbonyl (C=O) groups is 1. The summed E-state index contributed by atoms with van der Waals surface area (Å²) in [6.07, 6.45) is -2.31. The van der Waals surface area contributed by atoms with Gasteiger partial charge in [-0.2, -0.15) is 13.2 Å². The average molecular weight is 400 g/mol. The van der Waals surface area contributed by atoms with Gasteiger partial charge in [-0.05, 0) is 43.0 Å². The monoisotopic (exact) mass is 398 g/mol. The molecule has 0 radical (unpaired) electrons. The predicted molar refractivity (Wildman–Crippen MR) is 73.3 cm³/mol. The van der Waals surface area contributed by atoms with E-state index in [2.05, 4.69) is 31.9 Å². The maximum absolute atomic E-state index is 12.6. The van der Waals surface area contributed by atoms with Crippen LogP contribution in [0.5, 0.6) is 0 Å². The maximum atomic E-state index is 12.6. The first-order chi connectivity index (χ1) is 8.79. The van der Waals surface area contributed by atoms with Crippen molar-refractivity contribution < 1.29 is 18.0 Å². The summed E-state index contributed by atoms with van der Waals surface area (Å²) in [6, 6.07) is 3.50. The lowest BCUT2D eigenvalue weighted by Gasteiger charge is -2.13. The van der Waals surface area contributed by atoms with Crippen molar-refractivity contribution in [3.05, 3.63) is 33.8 Å². The van der Waals surface area contributed by atoms with E-state index in [1.807, 2.05) is 0 Å². The van der Waals surface area contributed by atoms with Crippen molar-refractivity contribution in [2.45, 2.75) is 30.3 Å². The van der Waals surface area contributed by atoms with Gasteiger partial charge in [0.25, 0.3) is 0 Å². The van der Waals surface area contributed by atoms with E-state index >= 15 is 0 Å². The quantitative estimate of drug-likeness (QED) is 0.667. The van der Waals surface area contributed by atoms with Crippen molar-refractivity contribution in [3.8, 4) is 0 Å². The second-order valence-electron chi connectivity index (χ2n) is 4.65. The Morgan fingerprint density at radius 2 is 2.00 bits per heavy atom. The van der Waals surface area contributed by atoms with Gasteiger partial charge < -0.3 is 0 Å². The molecule has 1 saturated carbocycles. The van der Waals surface area contributed by atoms with Crippen molar-refractivity contribution in [3.63, 3.8) is 0 Å². The molecule has 0 heterocycles. The van der Waals surface area contributed by atoms with Crippen molar-refractivity contribution >= 4 is 37.6 Å². The minimum absolute atomic E-state index is 0.0873. The molecule has 1 atom stereocenters. The van der Waals surface area contributed by atoms with Crippen LogP contribution in [0.2, 0.25) is 0 Å². The first-order valence-electron chi connectivity index (χ1n) is 5.82. The van der Waals surface area contributed by atoms with E-state index in [0.717, 1.165) is 25.0 Å². The van der Waals surface area contributed by atoms with Crippen LogP contribution in [-0.2, 0) is 17.4 Å². The molecule has 0 spiro atoms. The highest BCUT2D eigenvalue weighted by Gasteiger charge is 2.35. The molecule has 0 amide bonds. The van der Waals surface area contributed by atoms with Crippen LogP contribution in [0.1, 0.15) is 24.0 Å². The zero-order chi connectivity index (χ0) is 14.2. The lowest BCUT2D eigenvalue weighted by atomic mass is 10.0. The van der Waals surface area contributed by atoms with Gasteiger partial charge in [0.2, 0.25) is 0 Å². The van der Waals surface area contributed by atoms with E-state index in [0.29, 0.717) is 10.0 Å². The molecule has 0 N–H and O–H groups in total. The molecule has 6 heteroatoms. The second-order valence-corrected chi connectivity index (χ2v) is 6.61. The van der Waals surface area contributed by atoms with Crippen LogP contribution in [0.25, 0.3) is 0 Å². The molecule has 1 aliphatic rings. The van der Waals surface area contributed by atoms with Gasteiger partial charge in [0.1, 0.15) is 5.78 Å². The molecule has 1 unspecified atom stereocenters. The van der Waals surface area contributed by atoms with E-state index in [4.69, 9.17) is 0 Å². The molecule has 104 valence electrons. The van der Waals surface area contributed by atoms with Crippen LogP contribution in [-0.4, -0.2) is 10.6 Å². The average Bonchev–Trinajstić information content (AvgIpc) is 3.13. The van der Waals surface area contributed by atoms with Gasteiger partial charge in [-0.3, -0.25) is 4.79 Å². The Balaban J connectivity index is 2.16. The van der Waals surface area contributed by atoms with Gasteiger partial charge in [-0.25, -0.2) is 0 Å². The number of hydrogen-bond acceptors (Lipinski definition) is 1. The Morgan fingerprint density at radius 1 is 1.37 bits per heavy atom. The van der Waals surface area contributed by atoms with Gasteiger partial charge in [0, 0.05) is 10.4 Å². The van der Waals surface area contributed by atoms with Crippen LogP contribution in [0.15, 0.2) is 22.7 Å². The molecule has 0 aromatic heterocycles. The predicted octanol–water partition coefficient (Wildman–Crippen LogP) is 4.75. The van der Waals surface area contributed by atoms with Gasteiger partial charge >= 0.3 is 6.18 Å². The summed E-state index contributed by atoms with van der Waals surface area (Å²) in [5.74, 6) is 0.179. The zero-order valence-electron chi connectivity index (χ0n) is 9.81. The highest BCUT2D eigenvalue weighted by molar-refractivity contribution is 9.10. The number of halogens is 5. The largest absolute Gasteiger partial charge is 0.416 e. The molecule has 1 nitrogen and oxygen atoms in total. The summed E-state index contributed by atoms with van der Waals surface area (Å²) >= 11 is 6.51. The number of Topliss-reactive ketones (excluding diaryl/α,β-unsaturated/α-hetero) is 1. The van der Waals surface area contributed by atoms with Crippen LogP contribution in [0.3, 0.4) is 0 Å². The summed E-state index contributed by atoms with van der Waals surface area (Å²) in [7, 11) is 0. The molecule has 19 heavy (non-hydrogen) atoms. The zero-order valence-corrected chi connectivity index (χ0v) is 13.0. The number of benzene rings is 1. The smallest absolute Gasteiger partial charge is 0.298 e. The fourth-order valence-corrected chi connectivity index (χ4v) is 2.96. The number of ketones is 1. The molecule has 2 rings (SSSR count). The highest BCUT2D eigenvalue weighted by atomic mass is 79.9. The van der Waals surface area contributed by atoms with Crippen LogP contribution in [0, 0.1) is 5.92 Å². The standard InChI is InChI=1S/C13H11Br2F3O/c14-10-4-3-9(13(16,17)18)5-8(10)6-11(15)12(19)7-1-2-7/h3-5,7,11H,1-2,6H2. The Hall–Kier alpha value is -0.360. The summed E-state index contributed by atoms with van der Waals surface area (Å²) < 4.78 is 38.5. The van der Waals surface area contributed by atoms with E-state index in [9.17, 15) is 18.0 Å². The molecule has 1 aromatic rings. The third-order valence-corrected chi connectivity index (χ3v) is 4.61. The normalized spacial score (nSPS) is 17.3. The molecule has 1 fully saturated rings. The third-order valence-electron chi connectivity index (χ3n) is 3.06. The van der Waals surface area contributed by atoms with Crippen LogP contribution >= 0.6 is 31.9 Å². The van der Waals surface area contributed by atoms with Crippen molar-refractivity contribution in [2.75, 3.05) is 0 Å². The van der Waals surface area contributed by atoms with Crippen molar-refractivity contribution in [1.82, 2.24) is 0 Å². The second kappa shape index (κ2) is 5.56. The van der Waals surface area contributed by atoms with E-state index in [1.165, 1.54) is 6.07 Å². The summed E-state index contributed by atoms with van der Waals surface area (Å²) in [4.78, 5) is 11.4. The first-order valence-corrected chi connectivity index (χ1v) is 7.53. The molecule has 1 aliphatic carbocycles. The fourth-order valence-electron chi connectivity index (χ4n) is 1.82. The van der Waals surface area contributed by atoms with Crippen molar-refractivity contribution in [2.24, 2.45) is 5.92 Å². The summed E-state index contributed by atoms with van der Waals surface area (Å²) in [6.45, 7) is 0. The first kappa shape index (κ1) is 15.0. The lowest BCUT2D eigenvalue weighted by molar-refractivity contribution is -0.137. The minimum Gasteiger partial charge on any atom is -0.298 e. The molecule has 0 bridgehead atoms. The van der Waals surface area contributed by atoms with E-state index in [-0.39, 0.29) is 18.1 Å². The molecule has 0 aliphatic heterocycles. The Morgan fingerprint density at radius 3 is 2.53 bits per heavy atom. The van der Waals surface area contributed by atoms with Crippen LogP contribution in [0.4, 0.5) is 13.2 Å². The highest BCUT2D eigenvalue weighted by Crippen LogP contribution is 2.35. The number of rotatable bonds is 4.